The Morgan fingerprint density at radius 2 is 2.29 bits per heavy atom. The lowest BCUT2D eigenvalue weighted by Crippen LogP contribution is -1.64. The second kappa shape index (κ2) is 5.96. The quantitative estimate of drug-likeness (QED) is 0.385. The van der Waals surface area contributed by atoms with Gasteiger partial charge in [-0.15, -0.1) is 5.70 Å². The largest absolute Gasteiger partial charge is 0.106 e. The van der Waals surface area contributed by atoms with Crippen LogP contribution in [0.3, 0.4) is 0 Å². The summed E-state index contributed by atoms with van der Waals surface area (Å²) in [6, 6.07) is 0. The molecule has 0 aliphatic rings. The molecular formula is C6H11Si. The highest BCUT2D eigenvalue weighted by atomic mass is 28.1. The highest BCUT2D eigenvalue weighted by Crippen LogP contribution is 1.92. The molecule has 0 heterocycles. The molecule has 0 nitrogen and oxygen atoms in total. The summed E-state index contributed by atoms with van der Waals surface area (Å²) in [5.74, 6) is 0. The maximum Gasteiger partial charge on any atom is 0.0596 e. The summed E-state index contributed by atoms with van der Waals surface area (Å²) >= 11 is 0. The van der Waals surface area contributed by atoms with Crippen LogP contribution in [-0.4, -0.2) is 10.2 Å². The van der Waals surface area contributed by atoms with Crippen LogP contribution in [0.2, 0.25) is 0 Å². The van der Waals surface area contributed by atoms with Crippen molar-refractivity contribution in [1.82, 2.24) is 0 Å². The molecule has 0 aliphatic heterocycles. The average molecular weight is 111 g/mol. The van der Waals surface area contributed by atoms with Gasteiger partial charge in [0.05, 0.1) is 10.2 Å². The Kier molecular flexibility index (Phi) is 5.92. The minimum absolute atomic E-state index is 1.21. The molecule has 3 radical (unpaired) electrons. The van der Waals surface area contributed by atoms with Crippen LogP contribution in [-0.2, 0) is 0 Å². The first-order valence-corrected chi connectivity index (χ1v) is 3.31. The third-order valence-electron chi connectivity index (χ3n) is 0.842. The lowest BCUT2D eigenvalue weighted by atomic mass is 10.2. The highest BCUT2D eigenvalue weighted by molar-refractivity contribution is 6.16. The van der Waals surface area contributed by atoms with Crippen LogP contribution in [0, 0.1) is 0 Å². The summed E-state index contributed by atoms with van der Waals surface area (Å²) in [6.45, 7) is 2.20. The number of hydrogen-bond acceptors (Lipinski definition) is 0. The van der Waals surface area contributed by atoms with Crippen molar-refractivity contribution in [3.05, 3.63) is 11.8 Å². The van der Waals surface area contributed by atoms with E-state index in [1.807, 2.05) is 5.70 Å². The predicted molar refractivity (Wildman–Crippen MR) is 34.4 cm³/mol. The summed E-state index contributed by atoms with van der Waals surface area (Å²) in [4.78, 5) is 0. The third kappa shape index (κ3) is 5.96. The average Bonchev–Trinajstić information content (AvgIpc) is 1.69. The van der Waals surface area contributed by atoms with E-state index < -0.39 is 0 Å². The number of rotatable bonds is 3. The van der Waals surface area contributed by atoms with Crippen molar-refractivity contribution in [1.29, 1.82) is 0 Å². The molecule has 0 aromatic rings. The Morgan fingerprint density at radius 1 is 1.57 bits per heavy atom. The Bertz CT molecular complexity index is 48.1. The first-order valence-electron chi connectivity index (χ1n) is 2.74. The molecule has 0 aromatic heterocycles. The Hall–Kier alpha value is -0.0431. The van der Waals surface area contributed by atoms with Crippen molar-refractivity contribution < 1.29 is 0 Å². The van der Waals surface area contributed by atoms with E-state index >= 15 is 0 Å². The summed E-state index contributed by atoms with van der Waals surface area (Å²) < 4.78 is 0. The topological polar surface area (TPSA) is 0 Å². The number of allylic oxidation sites excluding steroid dienone is 1. The first kappa shape index (κ1) is 6.96. The summed E-state index contributed by atoms with van der Waals surface area (Å²) in [6.07, 6.45) is 5.93. The number of unbranched alkanes of at least 4 members (excludes halogenated alkanes) is 2. The molecule has 0 fully saturated rings. The van der Waals surface area contributed by atoms with Crippen LogP contribution in [0.25, 0.3) is 0 Å². The molecule has 0 unspecified atom stereocenters. The van der Waals surface area contributed by atoms with E-state index in [1.54, 1.807) is 0 Å². The Balaban J connectivity index is 2.69. The van der Waals surface area contributed by atoms with Gasteiger partial charge in [0.1, 0.15) is 0 Å². The monoisotopic (exact) mass is 111 g/mol. The van der Waals surface area contributed by atoms with E-state index in [9.17, 15) is 0 Å². The van der Waals surface area contributed by atoms with Gasteiger partial charge in [0, 0.05) is 0 Å². The normalized spacial score (nSPS) is 10.6. The van der Waals surface area contributed by atoms with Crippen molar-refractivity contribution in [3.63, 3.8) is 0 Å². The molecule has 0 saturated heterocycles. The third-order valence-corrected chi connectivity index (χ3v) is 1.08. The molecule has 0 bridgehead atoms. The Morgan fingerprint density at radius 3 is 2.71 bits per heavy atom. The molecule has 0 aromatic carbocycles. The van der Waals surface area contributed by atoms with Gasteiger partial charge in [0.2, 0.25) is 0 Å². The second-order valence-electron chi connectivity index (χ2n) is 1.54. The fourth-order valence-electron chi connectivity index (χ4n) is 0.405. The van der Waals surface area contributed by atoms with Crippen molar-refractivity contribution in [3.8, 4) is 0 Å². The molecule has 0 spiro atoms. The maximum atomic E-state index is 3.24. The fourth-order valence-corrected chi connectivity index (χ4v) is 0.572. The molecular weight excluding hydrogens is 100 g/mol. The SMILES string of the molecule is CCCCC=C[Si]. The summed E-state index contributed by atoms with van der Waals surface area (Å²) in [7, 11) is 3.24. The van der Waals surface area contributed by atoms with Gasteiger partial charge in [-0.2, -0.15) is 0 Å². The lowest BCUT2D eigenvalue weighted by molar-refractivity contribution is 0.815. The van der Waals surface area contributed by atoms with E-state index in [-0.39, 0.29) is 0 Å². The van der Waals surface area contributed by atoms with Gasteiger partial charge in [-0.3, -0.25) is 0 Å². The standard InChI is InChI=1S/C6H11Si/c1-2-3-4-5-6-7/h5-6H,2-4H2,1H3. The molecule has 0 atom stereocenters. The van der Waals surface area contributed by atoms with Gasteiger partial charge in [-0.05, 0) is 6.42 Å². The molecule has 1 heteroatoms. The van der Waals surface area contributed by atoms with E-state index in [2.05, 4.69) is 23.2 Å². The van der Waals surface area contributed by atoms with Gasteiger partial charge >= 0.3 is 0 Å². The van der Waals surface area contributed by atoms with Crippen LogP contribution in [0.1, 0.15) is 26.2 Å². The van der Waals surface area contributed by atoms with Crippen molar-refractivity contribution >= 4 is 10.2 Å². The van der Waals surface area contributed by atoms with Crippen LogP contribution in [0.5, 0.6) is 0 Å². The van der Waals surface area contributed by atoms with Crippen molar-refractivity contribution in [2.75, 3.05) is 0 Å². The summed E-state index contributed by atoms with van der Waals surface area (Å²) in [5.41, 5.74) is 1.91. The lowest BCUT2D eigenvalue weighted by Gasteiger charge is -1.83. The van der Waals surface area contributed by atoms with Gasteiger partial charge in [-0.25, -0.2) is 0 Å². The zero-order valence-electron chi connectivity index (χ0n) is 4.78. The van der Waals surface area contributed by atoms with Crippen LogP contribution >= 0.6 is 0 Å². The van der Waals surface area contributed by atoms with Crippen molar-refractivity contribution in [2.24, 2.45) is 0 Å². The predicted octanol–water partition coefficient (Wildman–Crippen LogP) is 1.86. The number of hydrogen-bond donors (Lipinski definition) is 0. The van der Waals surface area contributed by atoms with E-state index in [4.69, 9.17) is 0 Å². The van der Waals surface area contributed by atoms with Gasteiger partial charge in [0.15, 0.2) is 0 Å². The van der Waals surface area contributed by atoms with Crippen molar-refractivity contribution in [2.45, 2.75) is 26.2 Å². The van der Waals surface area contributed by atoms with Crippen LogP contribution in [0.4, 0.5) is 0 Å². The zero-order chi connectivity index (χ0) is 5.54. The molecule has 0 saturated carbocycles. The molecule has 0 rings (SSSR count). The smallest absolute Gasteiger partial charge is 0.0596 e. The first-order chi connectivity index (χ1) is 3.41. The molecule has 0 aliphatic carbocycles. The van der Waals surface area contributed by atoms with Crippen LogP contribution < -0.4 is 0 Å². The molecule has 0 amide bonds. The Labute approximate surface area is 49.0 Å². The highest BCUT2D eigenvalue weighted by Gasteiger charge is 1.73. The minimum atomic E-state index is 1.21. The summed E-state index contributed by atoms with van der Waals surface area (Å²) in [5, 5.41) is 0. The molecule has 0 N–H and O–H groups in total. The van der Waals surface area contributed by atoms with Gasteiger partial charge < -0.3 is 0 Å². The second-order valence-corrected chi connectivity index (χ2v) is 1.88. The van der Waals surface area contributed by atoms with E-state index in [0.717, 1.165) is 0 Å². The maximum absolute atomic E-state index is 3.24. The minimum Gasteiger partial charge on any atom is -0.106 e. The van der Waals surface area contributed by atoms with Gasteiger partial charge in [-0.1, -0.05) is 25.8 Å². The fraction of sp³-hybridized carbons (Fsp3) is 0.667. The van der Waals surface area contributed by atoms with E-state index in [0.29, 0.717) is 0 Å². The van der Waals surface area contributed by atoms with Crippen LogP contribution in [0.15, 0.2) is 11.8 Å². The van der Waals surface area contributed by atoms with Gasteiger partial charge in [0.25, 0.3) is 0 Å². The molecule has 7 heavy (non-hydrogen) atoms. The zero-order valence-corrected chi connectivity index (χ0v) is 5.78. The molecule has 39 valence electrons. The van der Waals surface area contributed by atoms with E-state index in [1.165, 1.54) is 19.3 Å².